The molecule has 0 radical (unpaired) electrons. The Kier molecular flexibility index (Phi) is 4.99. The first-order valence-electron chi connectivity index (χ1n) is 7.30. The summed E-state index contributed by atoms with van der Waals surface area (Å²) in [6, 6.07) is 15.6. The van der Waals surface area contributed by atoms with Gasteiger partial charge in [0, 0.05) is 17.8 Å². The topological polar surface area (TPSA) is 55.1 Å². The van der Waals surface area contributed by atoms with Gasteiger partial charge in [0.25, 0.3) is 0 Å². The Bertz CT molecular complexity index is 620. The van der Waals surface area contributed by atoms with Crippen LogP contribution in [0.15, 0.2) is 48.5 Å². The van der Waals surface area contributed by atoms with Crippen molar-refractivity contribution in [3.05, 3.63) is 59.7 Å². The molecule has 0 spiro atoms. The minimum atomic E-state index is 0.0198. The van der Waals surface area contributed by atoms with Crippen molar-refractivity contribution < 1.29 is 4.79 Å². The number of amides is 1. The number of carbonyl (C=O) groups excluding carboxylic acids is 1. The summed E-state index contributed by atoms with van der Waals surface area (Å²) in [5.41, 5.74) is 9.71. The van der Waals surface area contributed by atoms with Crippen LogP contribution in [0.1, 0.15) is 37.3 Å². The van der Waals surface area contributed by atoms with E-state index in [0.717, 1.165) is 22.5 Å². The van der Waals surface area contributed by atoms with E-state index < -0.39 is 0 Å². The Morgan fingerprint density at radius 2 is 1.76 bits per heavy atom. The van der Waals surface area contributed by atoms with Gasteiger partial charge in [-0.05, 0) is 35.6 Å². The third-order valence-electron chi connectivity index (χ3n) is 3.53. The molecule has 2 aromatic carbocycles. The SMILES string of the molecule is CC(C)c1ccccc1NC(=O)CCc1ccccc1N. The van der Waals surface area contributed by atoms with Crippen molar-refractivity contribution in [3.63, 3.8) is 0 Å². The predicted octanol–water partition coefficient (Wildman–Crippen LogP) is 3.96. The molecule has 21 heavy (non-hydrogen) atoms. The molecule has 0 saturated carbocycles. The van der Waals surface area contributed by atoms with Crippen LogP contribution in [0, 0.1) is 0 Å². The zero-order valence-corrected chi connectivity index (χ0v) is 12.6. The van der Waals surface area contributed by atoms with Gasteiger partial charge in [0.05, 0.1) is 0 Å². The first-order chi connectivity index (χ1) is 10.1. The quantitative estimate of drug-likeness (QED) is 0.815. The molecule has 110 valence electrons. The van der Waals surface area contributed by atoms with Crippen LogP contribution in [0.5, 0.6) is 0 Å². The Hall–Kier alpha value is -2.29. The van der Waals surface area contributed by atoms with Crippen LogP contribution in [0.25, 0.3) is 0 Å². The monoisotopic (exact) mass is 282 g/mol. The maximum Gasteiger partial charge on any atom is 0.224 e. The number of carbonyl (C=O) groups is 1. The van der Waals surface area contributed by atoms with E-state index in [-0.39, 0.29) is 5.91 Å². The molecule has 0 unspecified atom stereocenters. The van der Waals surface area contributed by atoms with E-state index in [2.05, 4.69) is 25.2 Å². The molecule has 0 atom stereocenters. The maximum absolute atomic E-state index is 12.1. The van der Waals surface area contributed by atoms with E-state index in [9.17, 15) is 4.79 Å². The van der Waals surface area contributed by atoms with E-state index in [1.54, 1.807) is 0 Å². The van der Waals surface area contributed by atoms with Gasteiger partial charge >= 0.3 is 0 Å². The second-order valence-electron chi connectivity index (χ2n) is 5.49. The van der Waals surface area contributed by atoms with E-state index >= 15 is 0 Å². The highest BCUT2D eigenvalue weighted by Gasteiger charge is 2.09. The molecule has 1 amide bonds. The summed E-state index contributed by atoms with van der Waals surface area (Å²) in [5.74, 6) is 0.401. The zero-order chi connectivity index (χ0) is 15.2. The van der Waals surface area contributed by atoms with Crippen molar-refractivity contribution in [2.45, 2.75) is 32.6 Å². The number of rotatable bonds is 5. The average Bonchev–Trinajstić information content (AvgIpc) is 2.47. The summed E-state index contributed by atoms with van der Waals surface area (Å²) in [5, 5.41) is 3.00. The second kappa shape index (κ2) is 6.93. The fraction of sp³-hybridized carbons (Fsp3) is 0.278. The molecule has 0 aliphatic heterocycles. The lowest BCUT2D eigenvalue weighted by atomic mass is 10.0. The third kappa shape index (κ3) is 4.09. The summed E-state index contributed by atoms with van der Waals surface area (Å²) in [6.45, 7) is 4.24. The van der Waals surface area contributed by atoms with Gasteiger partial charge in [-0.25, -0.2) is 0 Å². The Morgan fingerprint density at radius 1 is 1.10 bits per heavy atom. The highest BCUT2D eigenvalue weighted by atomic mass is 16.1. The molecule has 3 nitrogen and oxygen atoms in total. The maximum atomic E-state index is 12.1. The fourth-order valence-electron chi connectivity index (χ4n) is 2.34. The van der Waals surface area contributed by atoms with Gasteiger partial charge in [0.15, 0.2) is 0 Å². The van der Waals surface area contributed by atoms with Crippen molar-refractivity contribution in [2.75, 3.05) is 11.1 Å². The lowest BCUT2D eigenvalue weighted by Crippen LogP contribution is -2.14. The highest BCUT2D eigenvalue weighted by molar-refractivity contribution is 5.91. The van der Waals surface area contributed by atoms with Gasteiger partial charge in [0.1, 0.15) is 0 Å². The van der Waals surface area contributed by atoms with Crippen LogP contribution in [0.3, 0.4) is 0 Å². The number of nitrogens with two attached hydrogens (primary N) is 1. The van der Waals surface area contributed by atoms with Crippen LogP contribution in [-0.4, -0.2) is 5.91 Å². The number of nitrogen functional groups attached to an aromatic ring is 1. The van der Waals surface area contributed by atoms with Gasteiger partial charge in [-0.15, -0.1) is 0 Å². The van der Waals surface area contributed by atoms with Gasteiger partial charge in [0.2, 0.25) is 5.91 Å². The fourth-order valence-corrected chi connectivity index (χ4v) is 2.34. The molecule has 0 saturated heterocycles. The largest absolute Gasteiger partial charge is 0.399 e. The van der Waals surface area contributed by atoms with Crippen LogP contribution in [0.4, 0.5) is 11.4 Å². The number of hydrogen-bond acceptors (Lipinski definition) is 2. The van der Waals surface area contributed by atoms with Crippen LogP contribution >= 0.6 is 0 Å². The zero-order valence-electron chi connectivity index (χ0n) is 12.6. The minimum absolute atomic E-state index is 0.0198. The van der Waals surface area contributed by atoms with Gasteiger partial charge < -0.3 is 11.1 Å². The molecule has 2 rings (SSSR count). The number of benzene rings is 2. The summed E-state index contributed by atoms with van der Waals surface area (Å²) in [4.78, 5) is 12.1. The van der Waals surface area contributed by atoms with Crippen LogP contribution in [-0.2, 0) is 11.2 Å². The van der Waals surface area contributed by atoms with Crippen molar-refractivity contribution >= 4 is 17.3 Å². The molecule has 0 heterocycles. The van der Waals surface area contributed by atoms with Crippen molar-refractivity contribution in [1.82, 2.24) is 0 Å². The normalized spacial score (nSPS) is 10.6. The molecule has 3 heteroatoms. The Balaban J connectivity index is 1.98. The van der Waals surface area contributed by atoms with Gasteiger partial charge in [-0.2, -0.15) is 0 Å². The van der Waals surface area contributed by atoms with Crippen molar-refractivity contribution in [1.29, 1.82) is 0 Å². The van der Waals surface area contributed by atoms with Gasteiger partial charge in [-0.1, -0.05) is 50.2 Å². The standard InChI is InChI=1S/C18H22N2O/c1-13(2)15-8-4-6-10-17(15)20-18(21)12-11-14-7-3-5-9-16(14)19/h3-10,13H,11-12,19H2,1-2H3,(H,20,21). The average molecular weight is 282 g/mol. The smallest absolute Gasteiger partial charge is 0.224 e. The summed E-state index contributed by atoms with van der Waals surface area (Å²) in [6.07, 6.45) is 1.09. The van der Waals surface area contributed by atoms with E-state index in [1.807, 2.05) is 42.5 Å². The molecule has 3 N–H and O–H groups in total. The molecular weight excluding hydrogens is 260 g/mol. The van der Waals surface area contributed by atoms with E-state index in [0.29, 0.717) is 18.8 Å². The molecule has 0 aromatic heterocycles. The van der Waals surface area contributed by atoms with Crippen molar-refractivity contribution in [3.8, 4) is 0 Å². The Labute approximate surface area is 126 Å². The lowest BCUT2D eigenvalue weighted by Gasteiger charge is -2.13. The highest BCUT2D eigenvalue weighted by Crippen LogP contribution is 2.24. The molecular formula is C18H22N2O. The molecule has 0 aliphatic carbocycles. The van der Waals surface area contributed by atoms with Gasteiger partial charge in [-0.3, -0.25) is 4.79 Å². The van der Waals surface area contributed by atoms with E-state index in [4.69, 9.17) is 5.73 Å². The number of hydrogen-bond donors (Lipinski definition) is 2. The Morgan fingerprint density at radius 3 is 2.48 bits per heavy atom. The van der Waals surface area contributed by atoms with Crippen molar-refractivity contribution in [2.24, 2.45) is 0 Å². The lowest BCUT2D eigenvalue weighted by molar-refractivity contribution is -0.116. The predicted molar refractivity (Wildman–Crippen MR) is 88.3 cm³/mol. The van der Waals surface area contributed by atoms with Crippen LogP contribution < -0.4 is 11.1 Å². The second-order valence-corrected chi connectivity index (χ2v) is 5.49. The minimum Gasteiger partial charge on any atom is -0.399 e. The first-order valence-corrected chi connectivity index (χ1v) is 7.30. The number of para-hydroxylation sites is 2. The number of nitrogens with one attached hydrogen (secondary N) is 1. The number of anilines is 2. The third-order valence-corrected chi connectivity index (χ3v) is 3.53. The summed E-state index contributed by atoms with van der Waals surface area (Å²) >= 11 is 0. The summed E-state index contributed by atoms with van der Waals surface area (Å²) < 4.78 is 0. The summed E-state index contributed by atoms with van der Waals surface area (Å²) in [7, 11) is 0. The molecule has 0 fully saturated rings. The number of aryl methyl sites for hydroxylation is 1. The molecule has 0 bridgehead atoms. The van der Waals surface area contributed by atoms with E-state index in [1.165, 1.54) is 0 Å². The molecule has 0 aliphatic rings. The first kappa shape index (κ1) is 15.1. The molecule has 2 aromatic rings. The van der Waals surface area contributed by atoms with Crippen LogP contribution in [0.2, 0.25) is 0 Å².